The van der Waals surface area contributed by atoms with Crippen molar-refractivity contribution in [2.75, 3.05) is 6.54 Å². The summed E-state index contributed by atoms with van der Waals surface area (Å²) in [7, 11) is 0. The van der Waals surface area contributed by atoms with Crippen LogP contribution in [0.3, 0.4) is 0 Å². The van der Waals surface area contributed by atoms with Crippen LogP contribution in [0.25, 0.3) is 0 Å². The van der Waals surface area contributed by atoms with Gasteiger partial charge in [-0.25, -0.2) is 4.98 Å². The van der Waals surface area contributed by atoms with Gasteiger partial charge >= 0.3 is 0 Å². The molecule has 3 heterocycles. The molecule has 1 fully saturated rings. The third kappa shape index (κ3) is 4.32. The second-order valence-corrected chi connectivity index (χ2v) is 8.17. The van der Waals surface area contributed by atoms with Crippen molar-refractivity contribution < 1.29 is 14.6 Å². The van der Waals surface area contributed by atoms with E-state index in [-0.39, 0.29) is 24.1 Å². The Hall–Kier alpha value is -2.48. The maximum atomic E-state index is 13.3. The summed E-state index contributed by atoms with van der Waals surface area (Å²) in [5.74, 6) is 0.258. The van der Waals surface area contributed by atoms with Crippen molar-refractivity contribution in [1.29, 1.82) is 0 Å². The lowest BCUT2D eigenvalue weighted by atomic mass is 9.98. The highest BCUT2D eigenvalue weighted by Crippen LogP contribution is 2.29. The lowest BCUT2D eigenvalue weighted by Gasteiger charge is -2.37. The molecule has 1 aliphatic heterocycles. The number of pyridine rings is 1. The summed E-state index contributed by atoms with van der Waals surface area (Å²) in [4.78, 5) is 21.0. The molecule has 1 saturated heterocycles. The van der Waals surface area contributed by atoms with Crippen LogP contribution in [0, 0.1) is 0 Å². The van der Waals surface area contributed by atoms with E-state index in [0.29, 0.717) is 23.7 Å². The van der Waals surface area contributed by atoms with Gasteiger partial charge in [0.15, 0.2) is 0 Å². The number of carbonyl (C=O) groups is 1. The van der Waals surface area contributed by atoms with Crippen LogP contribution in [0.15, 0.2) is 24.5 Å². The Morgan fingerprint density at radius 3 is 2.75 bits per heavy atom. The number of nitrogens with zero attached hydrogens (tertiary/aromatic N) is 5. The van der Waals surface area contributed by atoms with Gasteiger partial charge in [-0.1, -0.05) is 0 Å². The first-order chi connectivity index (χ1) is 13.2. The fourth-order valence-electron chi connectivity index (χ4n) is 3.32. The summed E-state index contributed by atoms with van der Waals surface area (Å²) in [6.45, 7) is 9.72. The normalized spacial score (nSPS) is 20.5. The molecule has 2 atom stereocenters. The Bertz CT molecular complexity index is 827. The zero-order valence-corrected chi connectivity index (χ0v) is 17.2. The smallest absolute Gasteiger partial charge is 0.259 e. The number of likely N-dealkylation sites (tertiary alicyclic amines) is 1. The quantitative estimate of drug-likeness (QED) is 0.847. The van der Waals surface area contributed by atoms with Crippen LogP contribution in [0.5, 0.6) is 5.88 Å². The molecule has 0 spiro atoms. The van der Waals surface area contributed by atoms with Gasteiger partial charge in [-0.05, 0) is 59.6 Å². The van der Waals surface area contributed by atoms with Crippen LogP contribution in [0.1, 0.15) is 69.6 Å². The molecule has 3 rings (SSSR count). The molecule has 2 aromatic rings. The maximum Gasteiger partial charge on any atom is 0.259 e. The second-order valence-electron chi connectivity index (χ2n) is 8.17. The van der Waals surface area contributed by atoms with E-state index < -0.39 is 5.60 Å². The summed E-state index contributed by atoms with van der Waals surface area (Å²) < 4.78 is 5.73. The predicted molar refractivity (Wildman–Crippen MR) is 104 cm³/mol. The Balaban J connectivity index is 1.82. The highest BCUT2D eigenvalue weighted by atomic mass is 16.5. The van der Waals surface area contributed by atoms with Gasteiger partial charge in [0.25, 0.3) is 5.91 Å². The standard InChI is InChI=1S/C20H29N5O3/c1-13(2)28-18-16(7-6-10-21-18)19(26)24-12-15(9-8-14(24)3)25-22-11-17(23-25)20(4,5)27/h6-7,10-11,13-15,27H,8-9,12H2,1-5H3/t14-,15-/m1/s1. The first-order valence-electron chi connectivity index (χ1n) is 9.74. The van der Waals surface area contributed by atoms with Gasteiger partial charge < -0.3 is 14.7 Å². The van der Waals surface area contributed by atoms with Crippen LogP contribution >= 0.6 is 0 Å². The summed E-state index contributed by atoms with van der Waals surface area (Å²) in [6, 6.07) is 3.56. The van der Waals surface area contributed by atoms with Gasteiger partial charge in [0, 0.05) is 18.8 Å². The molecule has 1 aliphatic rings. The first-order valence-corrected chi connectivity index (χ1v) is 9.74. The Morgan fingerprint density at radius 2 is 2.11 bits per heavy atom. The summed E-state index contributed by atoms with van der Waals surface area (Å²) in [5.41, 5.74) is -0.0627. The van der Waals surface area contributed by atoms with Crippen LogP contribution in [0.2, 0.25) is 0 Å². The Morgan fingerprint density at radius 1 is 1.36 bits per heavy atom. The minimum Gasteiger partial charge on any atom is -0.474 e. The average Bonchev–Trinajstić information content (AvgIpc) is 3.12. The highest BCUT2D eigenvalue weighted by Gasteiger charge is 2.33. The molecule has 1 N–H and O–H groups in total. The SMILES string of the molecule is CC(C)Oc1ncccc1C(=O)N1C[C@H](n2ncc(C(C)(C)O)n2)CC[C@H]1C. The van der Waals surface area contributed by atoms with Crippen LogP contribution in [-0.2, 0) is 5.60 Å². The van der Waals surface area contributed by atoms with Crippen LogP contribution in [-0.4, -0.2) is 54.6 Å². The van der Waals surface area contributed by atoms with Crippen molar-refractivity contribution in [2.24, 2.45) is 0 Å². The topological polar surface area (TPSA) is 93.4 Å². The van der Waals surface area contributed by atoms with Gasteiger partial charge in [-0.15, -0.1) is 0 Å². The molecular weight excluding hydrogens is 358 g/mol. The van der Waals surface area contributed by atoms with Gasteiger partial charge in [0.05, 0.1) is 18.3 Å². The fraction of sp³-hybridized carbons (Fsp3) is 0.600. The largest absolute Gasteiger partial charge is 0.474 e. The molecule has 2 aromatic heterocycles. The number of aromatic nitrogens is 4. The molecule has 28 heavy (non-hydrogen) atoms. The third-order valence-electron chi connectivity index (χ3n) is 4.93. The third-order valence-corrected chi connectivity index (χ3v) is 4.93. The van der Waals surface area contributed by atoms with Crippen molar-refractivity contribution in [1.82, 2.24) is 24.9 Å². The Kier molecular flexibility index (Phi) is 5.69. The van der Waals surface area contributed by atoms with E-state index in [9.17, 15) is 9.90 Å². The molecule has 8 nitrogen and oxygen atoms in total. The molecule has 0 bridgehead atoms. The minimum absolute atomic E-state index is 0.0395. The van der Waals surface area contributed by atoms with Crippen molar-refractivity contribution in [2.45, 2.75) is 71.2 Å². The second kappa shape index (κ2) is 7.87. The van der Waals surface area contributed by atoms with Crippen LogP contribution < -0.4 is 4.74 Å². The van der Waals surface area contributed by atoms with Crippen molar-refractivity contribution in [3.05, 3.63) is 35.8 Å². The summed E-state index contributed by atoms with van der Waals surface area (Å²) in [6.07, 6.45) is 4.85. The predicted octanol–water partition coefficient (Wildman–Crippen LogP) is 2.55. The number of hydrogen-bond donors (Lipinski definition) is 1. The molecule has 0 radical (unpaired) electrons. The van der Waals surface area contributed by atoms with E-state index in [1.54, 1.807) is 43.2 Å². The molecule has 8 heteroatoms. The lowest BCUT2D eigenvalue weighted by molar-refractivity contribution is 0.0527. The average molecular weight is 387 g/mol. The summed E-state index contributed by atoms with van der Waals surface area (Å²) in [5, 5.41) is 18.9. The number of aliphatic hydroxyl groups is 1. The van der Waals surface area contributed by atoms with Crippen molar-refractivity contribution >= 4 is 5.91 Å². The van der Waals surface area contributed by atoms with Gasteiger partial charge in [0.2, 0.25) is 5.88 Å². The molecule has 1 amide bonds. The first kappa shape index (κ1) is 20.3. The molecule has 0 unspecified atom stereocenters. The monoisotopic (exact) mass is 387 g/mol. The zero-order chi connectivity index (χ0) is 20.5. The summed E-state index contributed by atoms with van der Waals surface area (Å²) >= 11 is 0. The van der Waals surface area contributed by atoms with E-state index in [1.165, 1.54) is 0 Å². The fourth-order valence-corrected chi connectivity index (χ4v) is 3.32. The number of hydrogen-bond acceptors (Lipinski definition) is 6. The maximum absolute atomic E-state index is 13.3. The van der Waals surface area contributed by atoms with Gasteiger partial charge in [0.1, 0.15) is 16.9 Å². The van der Waals surface area contributed by atoms with Crippen LogP contribution in [0.4, 0.5) is 0 Å². The molecule has 0 aromatic carbocycles. The Labute approximate surface area is 165 Å². The number of ether oxygens (including phenoxy) is 1. The lowest BCUT2D eigenvalue weighted by Crippen LogP contribution is -2.46. The highest BCUT2D eigenvalue weighted by molar-refractivity contribution is 5.96. The van der Waals surface area contributed by atoms with E-state index in [2.05, 4.69) is 15.2 Å². The zero-order valence-electron chi connectivity index (χ0n) is 17.2. The molecule has 152 valence electrons. The molecule has 0 saturated carbocycles. The van der Waals surface area contributed by atoms with E-state index >= 15 is 0 Å². The number of amides is 1. The minimum atomic E-state index is -1.05. The number of rotatable bonds is 5. The number of carbonyl (C=O) groups excluding carboxylic acids is 1. The van der Waals surface area contributed by atoms with E-state index in [0.717, 1.165) is 12.8 Å². The van der Waals surface area contributed by atoms with E-state index in [4.69, 9.17) is 4.74 Å². The van der Waals surface area contributed by atoms with Gasteiger partial charge in [-0.3, -0.25) is 4.79 Å². The van der Waals surface area contributed by atoms with Crippen molar-refractivity contribution in [3.63, 3.8) is 0 Å². The van der Waals surface area contributed by atoms with Crippen molar-refractivity contribution in [3.8, 4) is 5.88 Å². The molecule has 0 aliphatic carbocycles. The molecular formula is C20H29N5O3. The van der Waals surface area contributed by atoms with Gasteiger partial charge in [-0.2, -0.15) is 15.0 Å². The number of piperidine rings is 1. The van der Waals surface area contributed by atoms with E-state index in [1.807, 2.05) is 25.7 Å².